The molecule has 0 saturated heterocycles. The molecule has 0 aliphatic carbocycles. The predicted octanol–water partition coefficient (Wildman–Crippen LogP) is 2.86. The van der Waals surface area contributed by atoms with Crippen LogP contribution in [0.5, 0.6) is 11.6 Å². The first kappa shape index (κ1) is 14.5. The van der Waals surface area contributed by atoms with Crippen LogP contribution in [-0.4, -0.2) is 14.7 Å². The number of nitro groups is 1. The van der Waals surface area contributed by atoms with Crippen molar-refractivity contribution in [1.29, 1.82) is 5.26 Å². The summed E-state index contributed by atoms with van der Waals surface area (Å²) in [4.78, 5) is 10.7. The van der Waals surface area contributed by atoms with Crippen LogP contribution in [0.1, 0.15) is 23.7 Å². The molecule has 108 valence electrons. The Morgan fingerprint density at radius 2 is 2.24 bits per heavy atom. The van der Waals surface area contributed by atoms with Gasteiger partial charge in [0, 0.05) is 13.1 Å². The summed E-state index contributed by atoms with van der Waals surface area (Å²) in [5, 5.41) is 24.4. The van der Waals surface area contributed by atoms with E-state index in [1.807, 2.05) is 13.0 Å². The van der Waals surface area contributed by atoms with Crippen molar-refractivity contribution in [1.82, 2.24) is 9.78 Å². The van der Waals surface area contributed by atoms with E-state index < -0.39 is 4.92 Å². The Bertz CT molecular complexity index is 743. The molecule has 0 fully saturated rings. The molecule has 1 heterocycles. The van der Waals surface area contributed by atoms with Crippen molar-refractivity contribution < 1.29 is 9.66 Å². The van der Waals surface area contributed by atoms with Gasteiger partial charge in [0.05, 0.1) is 10.6 Å². The molecule has 0 aliphatic rings. The lowest BCUT2D eigenvalue weighted by atomic mass is 10.1. The summed E-state index contributed by atoms with van der Waals surface area (Å²) in [6.45, 7) is 3.60. The van der Waals surface area contributed by atoms with E-state index in [4.69, 9.17) is 10.00 Å². The van der Waals surface area contributed by atoms with E-state index in [1.54, 1.807) is 26.1 Å². The summed E-state index contributed by atoms with van der Waals surface area (Å²) in [6, 6.07) is 6.78. The van der Waals surface area contributed by atoms with Crippen LogP contribution in [0.15, 0.2) is 18.2 Å². The topological polar surface area (TPSA) is 94.0 Å². The molecule has 0 spiro atoms. The quantitative estimate of drug-likeness (QED) is 0.636. The molecule has 0 aliphatic heterocycles. The Hall–Kier alpha value is -2.88. The number of hydrogen-bond acceptors (Lipinski definition) is 5. The maximum absolute atomic E-state index is 11.2. The molecule has 0 amide bonds. The SMILES string of the molecule is CCc1ccc(Oc2c(C#N)c(C)nn2C)c([N+](=O)[O-])c1. The van der Waals surface area contributed by atoms with Gasteiger partial charge in [-0.3, -0.25) is 10.1 Å². The third-order valence-electron chi connectivity index (χ3n) is 3.12. The lowest BCUT2D eigenvalue weighted by Crippen LogP contribution is -1.99. The van der Waals surface area contributed by atoms with Crippen molar-refractivity contribution in [3.63, 3.8) is 0 Å². The Labute approximate surface area is 121 Å². The van der Waals surface area contributed by atoms with E-state index in [0.29, 0.717) is 12.1 Å². The molecular weight excluding hydrogens is 272 g/mol. The lowest BCUT2D eigenvalue weighted by molar-refractivity contribution is -0.385. The van der Waals surface area contributed by atoms with Gasteiger partial charge in [0.2, 0.25) is 11.6 Å². The number of rotatable bonds is 4. The molecule has 1 aromatic carbocycles. The fourth-order valence-corrected chi connectivity index (χ4v) is 2.00. The standard InChI is InChI=1S/C14H14N4O3/c1-4-10-5-6-13(12(7-10)18(19)20)21-14-11(8-15)9(2)16-17(14)3/h5-7H,4H2,1-3H3. The summed E-state index contributed by atoms with van der Waals surface area (Å²) in [5.41, 5.74) is 1.50. The van der Waals surface area contributed by atoms with Gasteiger partial charge in [0.1, 0.15) is 11.6 Å². The Kier molecular flexibility index (Phi) is 3.89. The van der Waals surface area contributed by atoms with Crippen LogP contribution < -0.4 is 4.74 Å². The van der Waals surface area contributed by atoms with E-state index >= 15 is 0 Å². The predicted molar refractivity (Wildman–Crippen MR) is 75.2 cm³/mol. The van der Waals surface area contributed by atoms with Gasteiger partial charge in [-0.2, -0.15) is 10.4 Å². The van der Waals surface area contributed by atoms with E-state index in [1.165, 1.54) is 10.7 Å². The van der Waals surface area contributed by atoms with Gasteiger partial charge in [-0.25, -0.2) is 4.68 Å². The van der Waals surface area contributed by atoms with E-state index in [-0.39, 0.29) is 22.9 Å². The Morgan fingerprint density at radius 1 is 1.52 bits per heavy atom. The fourth-order valence-electron chi connectivity index (χ4n) is 2.00. The number of aryl methyl sites for hydroxylation is 3. The van der Waals surface area contributed by atoms with Crippen LogP contribution in [0.2, 0.25) is 0 Å². The van der Waals surface area contributed by atoms with Crippen LogP contribution in [0.3, 0.4) is 0 Å². The van der Waals surface area contributed by atoms with Gasteiger partial charge in [-0.1, -0.05) is 13.0 Å². The van der Waals surface area contributed by atoms with Gasteiger partial charge in [-0.05, 0) is 25.0 Å². The third-order valence-corrected chi connectivity index (χ3v) is 3.12. The Balaban J connectivity index is 2.50. The number of nitriles is 1. The van der Waals surface area contributed by atoms with Crippen LogP contribution in [0.4, 0.5) is 5.69 Å². The average molecular weight is 286 g/mol. The van der Waals surface area contributed by atoms with Gasteiger partial charge < -0.3 is 4.74 Å². The molecule has 0 bridgehead atoms. The maximum Gasteiger partial charge on any atom is 0.311 e. The van der Waals surface area contributed by atoms with Crippen molar-refractivity contribution in [2.45, 2.75) is 20.3 Å². The molecule has 0 radical (unpaired) electrons. The second kappa shape index (κ2) is 5.63. The zero-order valence-electron chi connectivity index (χ0n) is 12.0. The fraction of sp³-hybridized carbons (Fsp3) is 0.286. The zero-order valence-corrected chi connectivity index (χ0v) is 12.0. The second-order valence-corrected chi connectivity index (χ2v) is 4.52. The van der Waals surface area contributed by atoms with Crippen molar-refractivity contribution >= 4 is 5.69 Å². The summed E-state index contributed by atoms with van der Waals surface area (Å²) >= 11 is 0. The number of aromatic nitrogens is 2. The molecule has 21 heavy (non-hydrogen) atoms. The van der Waals surface area contributed by atoms with Crippen LogP contribution in [0.25, 0.3) is 0 Å². The first-order valence-electron chi connectivity index (χ1n) is 6.36. The highest BCUT2D eigenvalue weighted by atomic mass is 16.6. The van der Waals surface area contributed by atoms with Crippen LogP contribution in [0, 0.1) is 28.4 Å². The largest absolute Gasteiger partial charge is 0.431 e. The van der Waals surface area contributed by atoms with Gasteiger partial charge >= 0.3 is 5.69 Å². The summed E-state index contributed by atoms with van der Waals surface area (Å²) in [5.74, 6) is 0.291. The number of benzene rings is 1. The Morgan fingerprint density at radius 3 is 2.81 bits per heavy atom. The van der Waals surface area contributed by atoms with Crippen molar-refractivity contribution in [3.8, 4) is 17.7 Å². The summed E-state index contributed by atoms with van der Waals surface area (Å²) in [6.07, 6.45) is 0.690. The first-order valence-corrected chi connectivity index (χ1v) is 6.36. The van der Waals surface area contributed by atoms with Crippen molar-refractivity contribution in [2.24, 2.45) is 7.05 Å². The van der Waals surface area contributed by atoms with Crippen LogP contribution >= 0.6 is 0 Å². The smallest absolute Gasteiger partial charge is 0.311 e. The lowest BCUT2D eigenvalue weighted by Gasteiger charge is -2.07. The van der Waals surface area contributed by atoms with E-state index in [0.717, 1.165) is 5.56 Å². The van der Waals surface area contributed by atoms with E-state index in [9.17, 15) is 10.1 Å². The molecule has 1 aromatic heterocycles. The highest BCUT2D eigenvalue weighted by molar-refractivity contribution is 5.52. The monoisotopic (exact) mass is 286 g/mol. The minimum atomic E-state index is -0.496. The summed E-state index contributed by atoms with van der Waals surface area (Å²) < 4.78 is 6.97. The zero-order chi connectivity index (χ0) is 15.6. The van der Waals surface area contributed by atoms with Gasteiger partial charge in [0.25, 0.3) is 0 Å². The van der Waals surface area contributed by atoms with E-state index in [2.05, 4.69) is 5.10 Å². The second-order valence-electron chi connectivity index (χ2n) is 4.52. The molecule has 0 atom stereocenters. The minimum Gasteiger partial charge on any atom is -0.431 e. The summed E-state index contributed by atoms with van der Waals surface area (Å²) in [7, 11) is 1.62. The first-order chi connectivity index (χ1) is 9.97. The highest BCUT2D eigenvalue weighted by Crippen LogP contribution is 2.34. The molecular formula is C14H14N4O3. The van der Waals surface area contributed by atoms with Gasteiger partial charge in [-0.15, -0.1) is 0 Å². The number of nitrogens with zero attached hydrogens (tertiary/aromatic N) is 4. The average Bonchev–Trinajstić information content (AvgIpc) is 2.72. The highest BCUT2D eigenvalue weighted by Gasteiger charge is 2.21. The third kappa shape index (κ3) is 2.69. The molecule has 0 saturated carbocycles. The molecule has 7 nitrogen and oxygen atoms in total. The number of nitro benzene ring substituents is 1. The van der Waals surface area contributed by atoms with Crippen LogP contribution in [-0.2, 0) is 13.5 Å². The van der Waals surface area contributed by atoms with Crippen molar-refractivity contribution in [3.05, 3.63) is 45.1 Å². The number of hydrogen-bond donors (Lipinski definition) is 0. The molecule has 7 heteroatoms. The van der Waals surface area contributed by atoms with Gasteiger partial charge in [0.15, 0.2) is 0 Å². The molecule has 2 aromatic rings. The normalized spacial score (nSPS) is 10.2. The number of ether oxygens (including phenoxy) is 1. The maximum atomic E-state index is 11.2. The molecule has 2 rings (SSSR count). The minimum absolute atomic E-state index is 0.0942. The molecule has 0 unspecified atom stereocenters. The molecule has 0 N–H and O–H groups in total. The van der Waals surface area contributed by atoms with Crippen molar-refractivity contribution in [2.75, 3.05) is 0 Å².